The van der Waals surface area contributed by atoms with Gasteiger partial charge in [-0.3, -0.25) is 14.4 Å². The van der Waals surface area contributed by atoms with Gasteiger partial charge in [0.2, 0.25) is 5.91 Å². The van der Waals surface area contributed by atoms with Gasteiger partial charge in [-0.25, -0.2) is 0 Å². The maximum atomic E-state index is 12.4. The number of benzene rings is 1. The van der Waals surface area contributed by atoms with E-state index in [1.54, 1.807) is 0 Å². The van der Waals surface area contributed by atoms with Gasteiger partial charge in [0.05, 0.1) is 37.7 Å². The van der Waals surface area contributed by atoms with E-state index in [1.807, 2.05) is 46.0 Å². The van der Waals surface area contributed by atoms with Gasteiger partial charge in [0, 0.05) is 26.2 Å². The highest BCUT2D eigenvalue weighted by molar-refractivity contribution is 5.78. The van der Waals surface area contributed by atoms with E-state index in [1.165, 1.54) is 0 Å². The van der Waals surface area contributed by atoms with Crippen molar-refractivity contribution >= 4 is 5.91 Å². The van der Waals surface area contributed by atoms with Crippen LogP contribution in [0.5, 0.6) is 0 Å². The number of ether oxygens (including phenoxy) is 1. The van der Waals surface area contributed by atoms with Crippen LogP contribution in [-0.4, -0.2) is 70.0 Å². The number of carbonyl (C=O) groups is 1. The quantitative estimate of drug-likeness (QED) is 0.871. The van der Waals surface area contributed by atoms with E-state index in [-0.39, 0.29) is 5.91 Å². The number of aromatic nitrogens is 2. The maximum absolute atomic E-state index is 12.4. The summed E-state index contributed by atoms with van der Waals surface area (Å²) in [5.41, 5.74) is 2.53. The first-order chi connectivity index (χ1) is 12.7. The van der Waals surface area contributed by atoms with Crippen molar-refractivity contribution in [2.24, 2.45) is 0 Å². The third-order valence-corrected chi connectivity index (χ3v) is 5.01. The number of rotatable bonds is 4. The van der Waals surface area contributed by atoms with Crippen molar-refractivity contribution in [3.05, 3.63) is 53.3 Å². The highest BCUT2D eigenvalue weighted by Gasteiger charge is 2.25. The van der Waals surface area contributed by atoms with Gasteiger partial charge in [-0.2, -0.15) is 5.10 Å². The summed E-state index contributed by atoms with van der Waals surface area (Å²) in [5.74, 6) is 0.158. The summed E-state index contributed by atoms with van der Waals surface area (Å²) in [7, 11) is 0. The van der Waals surface area contributed by atoms with Gasteiger partial charge >= 0.3 is 0 Å². The molecule has 2 aliphatic heterocycles. The summed E-state index contributed by atoms with van der Waals surface area (Å²) in [6.07, 6.45) is -0.724. The first kappa shape index (κ1) is 17.2. The summed E-state index contributed by atoms with van der Waals surface area (Å²) < 4.78 is 7.25. The molecule has 0 unspecified atom stereocenters. The Morgan fingerprint density at radius 1 is 1.15 bits per heavy atom. The fraction of sp³-hybridized carbons (Fsp3) is 0.474. The Labute approximate surface area is 152 Å². The standard InChI is InChI=1S/C19H24N4O3/c24-18(22-8-10-26-11-9-22)14-21-6-7-23-16(13-21)12-17(20-23)19(25)15-4-2-1-3-5-15/h1-5,12,19,25H,6-11,13-14H2/t19-/m1/s1. The number of aliphatic hydroxyl groups excluding tert-OH is 1. The molecule has 0 bridgehead atoms. The topological polar surface area (TPSA) is 70.8 Å². The molecule has 26 heavy (non-hydrogen) atoms. The van der Waals surface area contributed by atoms with Crippen LogP contribution in [0.25, 0.3) is 0 Å². The summed E-state index contributed by atoms with van der Waals surface area (Å²) in [6.45, 7) is 5.21. The molecule has 1 aromatic carbocycles. The van der Waals surface area contributed by atoms with Gasteiger partial charge in [-0.05, 0) is 11.6 Å². The van der Waals surface area contributed by atoms with Crippen molar-refractivity contribution in [2.75, 3.05) is 39.4 Å². The molecule has 4 rings (SSSR count). The van der Waals surface area contributed by atoms with E-state index in [0.717, 1.165) is 24.3 Å². The lowest BCUT2D eigenvalue weighted by atomic mass is 10.1. The summed E-state index contributed by atoms with van der Waals surface area (Å²) in [4.78, 5) is 16.5. The number of amides is 1. The Bertz CT molecular complexity index is 755. The highest BCUT2D eigenvalue weighted by Crippen LogP contribution is 2.23. The Morgan fingerprint density at radius 3 is 2.69 bits per heavy atom. The minimum absolute atomic E-state index is 0.158. The summed E-state index contributed by atoms with van der Waals surface area (Å²) in [5, 5.41) is 15.1. The number of carbonyl (C=O) groups excluding carboxylic acids is 1. The average Bonchev–Trinajstić information content (AvgIpc) is 3.12. The average molecular weight is 356 g/mol. The fourth-order valence-corrected chi connectivity index (χ4v) is 3.52. The first-order valence-corrected chi connectivity index (χ1v) is 9.08. The number of hydrogen-bond acceptors (Lipinski definition) is 5. The number of morpholine rings is 1. The Hall–Kier alpha value is -2.22. The van der Waals surface area contributed by atoms with Gasteiger partial charge in [0.25, 0.3) is 0 Å². The predicted molar refractivity (Wildman–Crippen MR) is 95.4 cm³/mol. The largest absolute Gasteiger partial charge is 0.382 e. The van der Waals surface area contributed by atoms with Crippen LogP contribution in [0.3, 0.4) is 0 Å². The molecule has 7 nitrogen and oxygen atoms in total. The van der Waals surface area contributed by atoms with Gasteiger partial charge in [-0.1, -0.05) is 30.3 Å². The Morgan fingerprint density at radius 2 is 1.92 bits per heavy atom. The van der Waals surface area contributed by atoms with Crippen molar-refractivity contribution in [1.82, 2.24) is 19.6 Å². The van der Waals surface area contributed by atoms with E-state index >= 15 is 0 Å². The van der Waals surface area contributed by atoms with Crippen LogP contribution in [0, 0.1) is 0 Å². The summed E-state index contributed by atoms with van der Waals surface area (Å²) >= 11 is 0. The van der Waals surface area contributed by atoms with Crippen LogP contribution >= 0.6 is 0 Å². The van der Waals surface area contributed by atoms with Gasteiger partial charge in [-0.15, -0.1) is 0 Å². The molecule has 0 spiro atoms. The molecular formula is C19H24N4O3. The monoisotopic (exact) mass is 356 g/mol. The molecule has 1 aromatic heterocycles. The number of hydrogen-bond donors (Lipinski definition) is 1. The van der Waals surface area contributed by atoms with Crippen molar-refractivity contribution < 1.29 is 14.6 Å². The molecular weight excluding hydrogens is 332 g/mol. The van der Waals surface area contributed by atoms with Crippen LogP contribution in [0.4, 0.5) is 0 Å². The van der Waals surface area contributed by atoms with E-state index in [4.69, 9.17) is 4.74 Å². The second-order valence-electron chi connectivity index (χ2n) is 6.80. The SMILES string of the molecule is O=C(CN1CCn2nc([C@H](O)c3ccccc3)cc2C1)N1CCOCC1. The molecule has 1 amide bonds. The molecule has 1 atom stereocenters. The van der Waals surface area contributed by atoms with Crippen LogP contribution in [-0.2, 0) is 22.6 Å². The second kappa shape index (κ2) is 7.57. The Kier molecular flexibility index (Phi) is 5.01. The number of nitrogens with zero attached hydrogens (tertiary/aromatic N) is 4. The molecule has 0 radical (unpaired) electrons. The normalized spacial score (nSPS) is 19.2. The van der Waals surface area contributed by atoms with Crippen LogP contribution in [0.15, 0.2) is 36.4 Å². The smallest absolute Gasteiger partial charge is 0.236 e. The molecule has 7 heteroatoms. The minimum Gasteiger partial charge on any atom is -0.382 e. The molecule has 138 valence electrons. The highest BCUT2D eigenvalue weighted by atomic mass is 16.5. The van der Waals surface area contributed by atoms with Crippen molar-refractivity contribution in [2.45, 2.75) is 19.2 Å². The second-order valence-corrected chi connectivity index (χ2v) is 6.80. The van der Waals surface area contributed by atoms with Crippen LogP contribution < -0.4 is 0 Å². The van der Waals surface area contributed by atoms with E-state index in [0.29, 0.717) is 45.1 Å². The molecule has 1 saturated heterocycles. The van der Waals surface area contributed by atoms with Crippen LogP contribution in [0.2, 0.25) is 0 Å². The Balaban J connectivity index is 1.41. The molecule has 3 heterocycles. The minimum atomic E-state index is -0.724. The van der Waals surface area contributed by atoms with Crippen molar-refractivity contribution in [3.63, 3.8) is 0 Å². The number of fused-ring (bicyclic) bond motifs is 1. The molecule has 1 N–H and O–H groups in total. The zero-order valence-corrected chi connectivity index (χ0v) is 14.8. The molecule has 1 fully saturated rings. The van der Waals surface area contributed by atoms with Crippen molar-refractivity contribution in [1.29, 1.82) is 0 Å². The first-order valence-electron chi connectivity index (χ1n) is 9.08. The lowest BCUT2D eigenvalue weighted by Crippen LogP contribution is -2.47. The lowest BCUT2D eigenvalue weighted by Gasteiger charge is -2.31. The zero-order chi connectivity index (χ0) is 17.9. The lowest BCUT2D eigenvalue weighted by molar-refractivity contribution is -0.136. The van der Waals surface area contributed by atoms with E-state index < -0.39 is 6.10 Å². The third-order valence-electron chi connectivity index (χ3n) is 5.01. The van der Waals surface area contributed by atoms with Gasteiger partial charge in [0.15, 0.2) is 0 Å². The number of aliphatic hydroxyl groups is 1. The zero-order valence-electron chi connectivity index (χ0n) is 14.8. The van der Waals surface area contributed by atoms with Crippen molar-refractivity contribution in [3.8, 4) is 0 Å². The molecule has 0 aliphatic carbocycles. The molecule has 2 aromatic rings. The predicted octanol–water partition coefficient (Wildman–Crippen LogP) is 0.639. The summed E-state index contributed by atoms with van der Waals surface area (Å²) in [6, 6.07) is 11.5. The van der Waals surface area contributed by atoms with Gasteiger partial charge < -0.3 is 14.7 Å². The van der Waals surface area contributed by atoms with Gasteiger partial charge in [0.1, 0.15) is 6.10 Å². The maximum Gasteiger partial charge on any atom is 0.236 e. The van der Waals surface area contributed by atoms with Crippen LogP contribution in [0.1, 0.15) is 23.1 Å². The fourth-order valence-electron chi connectivity index (χ4n) is 3.52. The third kappa shape index (κ3) is 3.65. The van der Waals surface area contributed by atoms with E-state index in [2.05, 4.69) is 10.00 Å². The molecule has 2 aliphatic rings. The molecule has 0 saturated carbocycles. The van der Waals surface area contributed by atoms with E-state index in [9.17, 15) is 9.90 Å².